The number of piperidine rings is 1. The highest BCUT2D eigenvalue weighted by Crippen LogP contribution is 2.23. The lowest BCUT2D eigenvalue weighted by Crippen LogP contribution is -2.62. The van der Waals surface area contributed by atoms with E-state index in [1.54, 1.807) is 0 Å². The van der Waals surface area contributed by atoms with E-state index in [1.807, 2.05) is 14.1 Å². The summed E-state index contributed by atoms with van der Waals surface area (Å²) in [6.07, 6.45) is 1.63. The van der Waals surface area contributed by atoms with Gasteiger partial charge in [0.1, 0.15) is 5.54 Å². The van der Waals surface area contributed by atoms with Gasteiger partial charge < -0.3 is 20.9 Å². The fourth-order valence-corrected chi connectivity index (χ4v) is 2.45. The van der Waals surface area contributed by atoms with Gasteiger partial charge >= 0.3 is 0 Å². The molecule has 3 N–H and O–H groups in total. The number of nitrogens with one attached hydrogen (secondary N) is 1. The Labute approximate surface area is 111 Å². The molecule has 0 aromatic rings. The average molecular weight is 256 g/mol. The number of nitrogens with zero attached hydrogens (tertiary/aromatic N) is 2. The van der Waals surface area contributed by atoms with Gasteiger partial charge in [-0.25, -0.2) is 0 Å². The smallest absolute Gasteiger partial charge is 0.237 e. The summed E-state index contributed by atoms with van der Waals surface area (Å²) in [5.74, 6) is -0.204. The first-order valence-electron chi connectivity index (χ1n) is 6.81. The highest BCUT2D eigenvalue weighted by Gasteiger charge is 2.39. The van der Waals surface area contributed by atoms with Crippen molar-refractivity contribution in [3.8, 4) is 0 Å². The van der Waals surface area contributed by atoms with Crippen molar-refractivity contribution >= 4 is 5.91 Å². The van der Waals surface area contributed by atoms with E-state index < -0.39 is 5.54 Å². The molecule has 0 bridgehead atoms. The lowest BCUT2D eigenvalue weighted by Gasteiger charge is -2.42. The Morgan fingerprint density at radius 1 is 1.39 bits per heavy atom. The lowest BCUT2D eigenvalue weighted by molar-refractivity contribution is -0.126. The molecule has 0 saturated carbocycles. The van der Waals surface area contributed by atoms with Gasteiger partial charge in [0, 0.05) is 32.2 Å². The second-order valence-electron chi connectivity index (χ2n) is 5.81. The number of carbonyl (C=O) groups is 1. The summed E-state index contributed by atoms with van der Waals surface area (Å²) in [5.41, 5.74) is 5.11. The molecule has 0 unspecified atom stereocenters. The molecule has 5 heteroatoms. The Morgan fingerprint density at radius 3 is 2.33 bits per heavy atom. The molecule has 1 aliphatic rings. The molecule has 1 aliphatic heterocycles. The molecule has 1 saturated heterocycles. The number of rotatable bonds is 6. The second-order valence-corrected chi connectivity index (χ2v) is 5.81. The van der Waals surface area contributed by atoms with Gasteiger partial charge in [-0.3, -0.25) is 4.79 Å². The predicted molar refractivity (Wildman–Crippen MR) is 74.4 cm³/mol. The van der Waals surface area contributed by atoms with Gasteiger partial charge in [-0.1, -0.05) is 0 Å². The molecule has 0 radical (unpaired) electrons. The Balaban J connectivity index is 2.53. The zero-order valence-electron chi connectivity index (χ0n) is 12.2. The summed E-state index contributed by atoms with van der Waals surface area (Å²) in [5, 5.41) is 3.38. The third kappa shape index (κ3) is 3.93. The van der Waals surface area contributed by atoms with Crippen LogP contribution in [0.5, 0.6) is 0 Å². The van der Waals surface area contributed by atoms with E-state index >= 15 is 0 Å². The van der Waals surface area contributed by atoms with Crippen LogP contribution in [-0.4, -0.2) is 67.6 Å². The van der Waals surface area contributed by atoms with Crippen molar-refractivity contribution in [2.45, 2.75) is 38.3 Å². The maximum Gasteiger partial charge on any atom is 0.237 e. The number of carbonyl (C=O) groups excluding carboxylic acids is 1. The molecular weight excluding hydrogens is 228 g/mol. The number of hydrogen-bond donors (Lipinski definition) is 2. The highest BCUT2D eigenvalue weighted by molar-refractivity contribution is 5.84. The van der Waals surface area contributed by atoms with Crippen LogP contribution in [0.4, 0.5) is 0 Å². The van der Waals surface area contributed by atoms with Crippen molar-refractivity contribution in [2.75, 3.05) is 40.3 Å². The van der Waals surface area contributed by atoms with Gasteiger partial charge in [0.15, 0.2) is 0 Å². The second kappa shape index (κ2) is 6.50. The number of amides is 1. The molecular formula is C13H28N4O. The van der Waals surface area contributed by atoms with E-state index in [4.69, 9.17) is 5.73 Å². The zero-order chi connectivity index (χ0) is 13.8. The Hall–Kier alpha value is -0.650. The normalized spacial score (nSPS) is 20.6. The average Bonchev–Trinajstić information content (AvgIpc) is 2.28. The van der Waals surface area contributed by atoms with E-state index in [2.05, 4.69) is 29.0 Å². The third-order valence-electron chi connectivity index (χ3n) is 3.88. The molecule has 0 spiro atoms. The summed E-state index contributed by atoms with van der Waals surface area (Å²) in [4.78, 5) is 16.3. The number of primary amides is 1. The van der Waals surface area contributed by atoms with Crippen LogP contribution in [-0.2, 0) is 4.79 Å². The predicted octanol–water partition coefficient (Wildman–Crippen LogP) is -0.134. The molecule has 1 heterocycles. The number of likely N-dealkylation sites (tertiary alicyclic amines) is 1. The SMILES string of the molecule is CC(C)N1CCC(NCCN(C)C)(C(N)=O)CC1. The van der Waals surface area contributed by atoms with Crippen molar-refractivity contribution in [1.29, 1.82) is 0 Å². The van der Waals surface area contributed by atoms with Gasteiger partial charge in [-0.2, -0.15) is 0 Å². The highest BCUT2D eigenvalue weighted by atomic mass is 16.1. The summed E-state index contributed by atoms with van der Waals surface area (Å²) in [6.45, 7) is 7.99. The summed E-state index contributed by atoms with van der Waals surface area (Å²) < 4.78 is 0. The van der Waals surface area contributed by atoms with E-state index in [1.165, 1.54) is 0 Å². The van der Waals surface area contributed by atoms with Crippen LogP contribution in [0.3, 0.4) is 0 Å². The lowest BCUT2D eigenvalue weighted by atomic mass is 9.86. The van der Waals surface area contributed by atoms with Crippen molar-refractivity contribution < 1.29 is 4.79 Å². The molecule has 1 rings (SSSR count). The van der Waals surface area contributed by atoms with Gasteiger partial charge in [0.05, 0.1) is 0 Å². The Bertz CT molecular complexity index is 265. The third-order valence-corrected chi connectivity index (χ3v) is 3.88. The van der Waals surface area contributed by atoms with E-state index in [-0.39, 0.29) is 5.91 Å². The minimum absolute atomic E-state index is 0.204. The number of likely N-dealkylation sites (N-methyl/N-ethyl adjacent to an activating group) is 1. The minimum atomic E-state index is -0.499. The summed E-state index contributed by atoms with van der Waals surface area (Å²) >= 11 is 0. The van der Waals surface area contributed by atoms with E-state index in [0.717, 1.165) is 39.0 Å². The molecule has 0 aromatic carbocycles. The first-order valence-corrected chi connectivity index (χ1v) is 6.81. The fourth-order valence-electron chi connectivity index (χ4n) is 2.45. The van der Waals surface area contributed by atoms with Crippen LogP contribution >= 0.6 is 0 Å². The van der Waals surface area contributed by atoms with Crippen molar-refractivity contribution in [2.24, 2.45) is 5.73 Å². The Kier molecular flexibility index (Phi) is 5.56. The zero-order valence-corrected chi connectivity index (χ0v) is 12.2. The summed E-state index contributed by atoms with van der Waals surface area (Å²) in [6, 6.07) is 0.539. The van der Waals surface area contributed by atoms with Crippen LogP contribution in [0.1, 0.15) is 26.7 Å². The standard InChI is InChI=1S/C13H28N4O/c1-11(2)17-8-5-13(6-9-17,12(14)18)15-7-10-16(3)4/h11,15H,5-10H2,1-4H3,(H2,14,18). The molecule has 0 aliphatic carbocycles. The van der Waals surface area contributed by atoms with Crippen LogP contribution < -0.4 is 11.1 Å². The Morgan fingerprint density at radius 2 is 1.94 bits per heavy atom. The van der Waals surface area contributed by atoms with Crippen molar-refractivity contribution in [3.05, 3.63) is 0 Å². The van der Waals surface area contributed by atoms with Crippen LogP contribution in [0, 0.1) is 0 Å². The van der Waals surface area contributed by atoms with Crippen LogP contribution in [0.15, 0.2) is 0 Å². The summed E-state index contributed by atoms with van der Waals surface area (Å²) in [7, 11) is 4.06. The minimum Gasteiger partial charge on any atom is -0.368 e. The first kappa shape index (κ1) is 15.4. The van der Waals surface area contributed by atoms with Crippen LogP contribution in [0.25, 0.3) is 0 Å². The maximum absolute atomic E-state index is 11.8. The monoisotopic (exact) mass is 256 g/mol. The van der Waals surface area contributed by atoms with Gasteiger partial charge in [-0.15, -0.1) is 0 Å². The quantitative estimate of drug-likeness (QED) is 0.695. The molecule has 18 heavy (non-hydrogen) atoms. The number of hydrogen-bond acceptors (Lipinski definition) is 4. The first-order chi connectivity index (χ1) is 8.37. The van der Waals surface area contributed by atoms with Gasteiger partial charge in [0.2, 0.25) is 5.91 Å². The van der Waals surface area contributed by atoms with E-state index in [0.29, 0.717) is 6.04 Å². The molecule has 1 fully saturated rings. The van der Waals surface area contributed by atoms with Crippen LogP contribution in [0.2, 0.25) is 0 Å². The van der Waals surface area contributed by atoms with Crippen molar-refractivity contribution in [3.63, 3.8) is 0 Å². The topological polar surface area (TPSA) is 61.6 Å². The van der Waals surface area contributed by atoms with E-state index in [9.17, 15) is 4.79 Å². The number of nitrogens with two attached hydrogens (primary N) is 1. The molecule has 1 amide bonds. The molecule has 0 aromatic heterocycles. The largest absolute Gasteiger partial charge is 0.368 e. The maximum atomic E-state index is 11.8. The van der Waals surface area contributed by atoms with Crippen molar-refractivity contribution in [1.82, 2.24) is 15.1 Å². The molecule has 0 atom stereocenters. The fraction of sp³-hybridized carbons (Fsp3) is 0.923. The van der Waals surface area contributed by atoms with Gasteiger partial charge in [0.25, 0.3) is 0 Å². The molecule has 5 nitrogen and oxygen atoms in total. The molecule has 106 valence electrons. The van der Waals surface area contributed by atoms with Gasteiger partial charge in [-0.05, 0) is 40.8 Å².